The van der Waals surface area contributed by atoms with Gasteiger partial charge in [0, 0.05) is 56.9 Å². The number of nitrogens with one attached hydrogen (secondary N) is 3. The van der Waals surface area contributed by atoms with E-state index in [1.54, 1.807) is 47.2 Å². The Morgan fingerprint density at radius 1 is 1.11 bits per heavy atom. The van der Waals surface area contributed by atoms with Crippen LogP contribution in [0.3, 0.4) is 0 Å². The minimum absolute atomic E-state index is 0. The van der Waals surface area contributed by atoms with Gasteiger partial charge in [-0.05, 0) is 68.7 Å². The number of carbonyl (C=O) groups excluding carboxylic acids is 2. The van der Waals surface area contributed by atoms with Gasteiger partial charge in [0.15, 0.2) is 11.8 Å². The van der Waals surface area contributed by atoms with Crippen molar-refractivity contribution in [1.29, 1.82) is 0 Å². The Morgan fingerprint density at radius 3 is 2.39 bits per heavy atom. The smallest absolute Gasteiger partial charge is 0.407 e. The maximum absolute atomic E-state index is 13.4. The predicted molar refractivity (Wildman–Crippen MR) is 177 cm³/mol. The molecule has 2 amide bonds. The second kappa shape index (κ2) is 21.1. The monoisotopic (exact) mass is 864 g/mol. The van der Waals surface area contributed by atoms with E-state index in [1.165, 1.54) is 13.1 Å². The van der Waals surface area contributed by atoms with Crippen LogP contribution in [0.4, 0.5) is 10.5 Å². The SMILES string of the molecule is CCC(CC)(N/C(O)=C/CCCCn1[cH-]ccc1=O)C(N)=N[C@@H](CCCN=C(N)N)C(=O)Nc1ccc(COC(=O)NC)cc1.[U]. The van der Waals surface area contributed by atoms with E-state index >= 15 is 0 Å². The van der Waals surface area contributed by atoms with Gasteiger partial charge in [-0.2, -0.15) is 6.07 Å². The number of aryl methyl sites for hydroxylation is 1. The molecule has 1 aromatic carbocycles. The van der Waals surface area contributed by atoms with Crippen LogP contribution in [-0.2, 0) is 22.7 Å². The van der Waals surface area contributed by atoms with E-state index in [4.69, 9.17) is 21.9 Å². The molecule has 0 radical (unpaired) electrons. The number of aliphatic imine (C=N–C) groups is 2. The summed E-state index contributed by atoms with van der Waals surface area (Å²) < 4.78 is 6.70. The van der Waals surface area contributed by atoms with Gasteiger partial charge in [-0.1, -0.05) is 26.0 Å². The zero-order chi connectivity index (χ0) is 33.2. The van der Waals surface area contributed by atoms with Gasteiger partial charge in [-0.3, -0.25) is 14.8 Å². The molecule has 0 aliphatic heterocycles. The summed E-state index contributed by atoms with van der Waals surface area (Å²) in [6.45, 7) is 4.86. The number of nitrogens with zero attached hydrogens (tertiary/aromatic N) is 3. The molecular formula is C31H48N9O5U-. The zero-order valence-electron chi connectivity index (χ0n) is 26.9. The van der Waals surface area contributed by atoms with E-state index in [2.05, 4.69) is 25.9 Å². The van der Waals surface area contributed by atoms with Gasteiger partial charge in [-0.25, -0.2) is 4.79 Å². The second-order valence-electron chi connectivity index (χ2n) is 10.5. The van der Waals surface area contributed by atoms with E-state index in [0.29, 0.717) is 50.9 Å². The first-order valence-electron chi connectivity index (χ1n) is 15.2. The fourth-order valence-corrected chi connectivity index (χ4v) is 4.57. The van der Waals surface area contributed by atoms with Crippen molar-refractivity contribution in [3.05, 3.63) is 70.5 Å². The standard InChI is InChI=1S/C31H48N9O5.U/c1-4-31(5-2,39-25(41)12-7-6-8-19-40-20-10-13-26(40)42)28(32)38-24(11-9-18-36-29(33)34)27(43)37-23-16-14-22(15-17-23)21-45-30(44)35-3;/h10,12-17,20,24,39,41H,4-9,11,18-19,21H2,1-3H3,(H2,32,38)(H,35,44)(H,37,43)(H4,33,34,36);/q-1;/b25-12-;/t24-;/m0./s1. The number of rotatable bonds is 19. The average molecular weight is 865 g/mol. The zero-order valence-corrected chi connectivity index (χ0v) is 31.1. The van der Waals surface area contributed by atoms with Gasteiger partial charge in [0.05, 0.1) is 11.1 Å². The summed E-state index contributed by atoms with van der Waals surface area (Å²) in [5, 5.41) is 19.1. The van der Waals surface area contributed by atoms with E-state index in [-0.39, 0.29) is 66.9 Å². The molecule has 252 valence electrons. The molecule has 1 aromatic heterocycles. The fourth-order valence-electron chi connectivity index (χ4n) is 4.57. The third-order valence-corrected chi connectivity index (χ3v) is 7.37. The van der Waals surface area contributed by atoms with Gasteiger partial charge < -0.3 is 52.4 Å². The number of amides is 2. The van der Waals surface area contributed by atoms with Crippen molar-refractivity contribution in [2.45, 2.75) is 83.5 Å². The van der Waals surface area contributed by atoms with Gasteiger partial charge >= 0.3 is 6.09 Å². The molecule has 1 heterocycles. The van der Waals surface area contributed by atoms with Crippen LogP contribution in [0.2, 0.25) is 0 Å². The number of hydrogen-bond acceptors (Lipinski definition) is 8. The molecule has 0 unspecified atom stereocenters. The maximum atomic E-state index is 13.4. The van der Waals surface area contributed by atoms with Crippen LogP contribution < -0.4 is 38.7 Å². The topological polar surface area (TPSA) is 224 Å². The minimum Gasteiger partial charge on any atom is -0.495 e. The molecular weight excluding hydrogens is 816 g/mol. The molecule has 2 aromatic rings. The van der Waals surface area contributed by atoms with E-state index in [0.717, 1.165) is 18.4 Å². The first-order chi connectivity index (χ1) is 21.5. The Morgan fingerprint density at radius 2 is 1.80 bits per heavy atom. The molecule has 0 bridgehead atoms. The largest absolute Gasteiger partial charge is 0.495 e. The van der Waals surface area contributed by atoms with Crippen LogP contribution in [0.5, 0.6) is 0 Å². The van der Waals surface area contributed by atoms with Crippen LogP contribution in [0.1, 0.15) is 64.4 Å². The van der Waals surface area contributed by atoms with Crippen LogP contribution >= 0.6 is 0 Å². The Labute approximate surface area is 294 Å². The maximum Gasteiger partial charge on any atom is 0.407 e. The number of aromatic nitrogens is 1. The number of amidine groups is 1. The Hall–Kier alpha value is -3.83. The van der Waals surface area contributed by atoms with E-state index in [1.807, 2.05) is 13.8 Å². The number of carbonyl (C=O) groups is 2. The molecule has 1 atom stereocenters. The molecule has 15 heteroatoms. The van der Waals surface area contributed by atoms with Crippen LogP contribution in [0.15, 0.2) is 69.3 Å². The van der Waals surface area contributed by atoms with Gasteiger partial charge in [-0.15, -0.1) is 12.3 Å². The quantitative estimate of drug-likeness (QED) is 0.0362. The normalized spacial score (nSPS) is 12.4. The number of unbranched alkanes of at least 4 members (excludes halogenated alkanes) is 2. The van der Waals surface area contributed by atoms with Crippen LogP contribution in [0, 0.1) is 31.1 Å². The summed E-state index contributed by atoms with van der Waals surface area (Å²) in [6.07, 6.45) is 6.85. The molecule has 0 saturated heterocycles. The van der Waals surface area contributed by atoms with Crippen molar-refractivity contribution in [2.75, 3.05) is 18.9 Å². The summed E-state index contributed by atoms with van der Waals surface area (Å²) in [7, 11) is 1.48. The Kier molecular flexibility index (Phi) is 18.4. The van der Waals surface area contributed by atoms with Crippen molar-refractivity contribution in [1.82, 2.24) is 15.2 Å². The number of hydrogen-bond donors (Lipinski definition) is 7. The van der Waals surface area contributed by atoms with E-state index < -0.39 is 17.7 Å². The van der Waals surface area contributed by atoms with Crippen molar-refractivity contribution < 1.29 is 50.5 Å². The predicted octanol–water partition coefficient (Wildman–Crippen LogP) is 2.56. The minimum atomic E-state index is -0.895. The molecule has 0 fully saturated rings. The molecule has 0 aliphatic carbocycles. The van der Waals surface area contributed by atoms with Crippen LogP contribution in [0.25, 0.3) is 0 Å². The Balaban J connectivity index is 0.0000106. The van der Waals surface area contributed by atoms with Gasteiger partial charge in [0.25, 0.3) is 0 Å². The molecule has 2 rings (SSSR count). The van der Waals surface area contributed by atoms with E-state index in [9.17, 15) is 19.5 Å². The summed E-state index contributed by atoms with van der Waals surface area (Å²) in [5.41, 5.74) is 17.8. The molecule has 0 saturated carbocycles. The average Bonchev–Trinajstić information content (AvgIpc) is 3.44. The van der Waals surface area contributed by atoms with Crippen molar-refractivity contribution in [3.63, 3.8) is 0 Å². The Bertz CT molecular complexity index is 1360. The van der Waals surface area contributed by atoms with Crippen molar-refractivity contribution >= 4 is 29.5 Å². The molecule has 0 aliphatic rings. The second-order valence-corrected chi connectivity index (χ2v) is 10.5. The number of ether oxygens (including phenoxy) is 1. The first kappa shape index (κ1) is 40.2. The first-order valence-corrected chi connectivity index (χ1v) is 15.2. The van der Waals surface area contributed by atoms with Gasteiger partial charge in [0.1, 0.15) is 18.5 Å². The number of allylic oxidation sites excluding steroid dienone is 1. The summed E-state index contributed by atoms with van der Waals surface area (Å²) >= 11 is 0. The number of alkyl carbamates (subject to hydrolysis) is 1. The number of aliphatic hydroxyl groups excluding tert-OH is 1. The molecule has 46 heavy (non-hydrogen) atoms. The third kappa shape index (κ3) is 13.7. The van der Waals surface area contributed by atoms with Crippen LogP contribution in [-0.4, -0.2) is 58.6 Å². The summed E-state index contributed by atoms with van der Waals surface area (Å²) in [5.74, 6) is -0.257. The third-order valence-electron chi connectivity index (χ3n) is 7.37. The van der Waals surface area contributed by atoms with Crippen molar-refractivity contribution in [2.24, 2.45) is 27.2 Å². The number of benzene rings is 1. The number of nitrogens with two attached hydrogens (primary N) is 3. The van der Waals surface area contributed by atoms with Gasteiger partial charge in [0.2, 0.25) is 5.91 Å². The van der Waals surface area contributed by atoms with Crippen molar-refractivity contribution in [3.8, 4) is 0 Å². The number of guanidine groups is 1. The fraction of sp³-hybridized carbons (Fsp3) is 0.484. The summed E-state index contributed by atoms with van der Waals surface area (Å²) in [4.78, 5) is 45.1. The molecule has 10 N–H and O–H groups in total. The number of aliphatic hydroxyl groups is 1. The summed E-state index contributed by atoms with van der Waals surface area (Å²) in [6, 6.07) is 9.28. The molecule has 0 spiro atoms. The molecule has 14 nitrogen and oxygen atoms in total. The number of anilines is 1.